The first-order chi connectivity index (χ1) is 13.0. The lowest BCUT2D eigenvalue weighted by molar-refractivity contribution is 0.0734. The fourth-order valence-electron chi connectivity index (χ4n) is 2.90. The van der Waals surface area contributed by atoms with E-state index in [1.54, 1.807) is 15.5 Å². The predicted molar refractivity (Wildman–Crippen MR) is 103 cm³/mol. The van der Waals surface area contributed by atoms with E-state index >= 15 is 0 Å². The van der Waals surface area contributed by atoms with Gasteiger partial charge in [-0.1, -0.05) is 26.0 Å². The monoisotopic (exact) mass is 367 g/mol. The third-order valence-electron chi connectivity index (χ3n) is 4.38. The second-order valence-corrected chi connectivity index (χ2v) is 6.74. The predicted octanol–water partition coefficient (Wildman–Crippen LogP) is 3.10. The molecule has 0 saturated heterocycles. The Morgan fingerprint density at radius 1 is 1.30 bits per heavy atom. The van der Waals surface area contributed by atoms with E-state index in [0.717, 1.165) is 17.0 Å². The Labute approximate surface area is 159 Å². The average molecular weight is 367 g/mol. The van der Waals surface area contributed by atoms with E-state index in [1.165, 1.54) is 6.33 Å². The summed E-state index contributed by atoms with van der Waals surface area (Å²) in [5.41, 5.74) is 2.44. The number of carbonyl (C=O) groups excluding carboxylic acids is 1. The molecule has 0 fully saturated rings. The van der Waals surface area contributed by atoms with Gasteiger partial charge in [0.15, 0.2) is 0 Å². The molecule has 7 nitrogen and oxygen atoms in total. The largest absolute Gasteiger partial charge is 0.492 e. The first-order valence-electron chi connectivity index (χ1n) is 9.19. The molecule has 0 radical (unpaired) electrons. The maximum absolute atomic E-state index is 13.0. The molecule has 0 aliphatic rings. The quantitative estimate of drug-likeness (QED) is 0.642. The maximum Gasteiger partial charge on any atom is 0.272 e. The fourth-order valence-corrected chi connectivity index (χ4v) is 2.90. The maximum atomic E-state index is 13.0. The summed E-state index contributed by atoms with van der Waals surface area (Å²) in [4.78, 5) is 23.2. The number of aromatic nitrogens is 4. The van der Waals surface area contributed by atoms with Crippen molar-refractivity contribution in [1.82, 2.24) is 24.5 Å². The SMILES string of the molecule is CCN(CCOc1cccc(C)c1)C(=O)c1cc(C(C)C)n2ncnc2n1. The number of nitrogens with zero attached hydrogens (tertiary/aromatic N) is 5. The smallest absolute Gasteiger partial charge is 0.272 e. The number of amides is 1. The van der Waals surface area contributed by atoms with E-state index in [2.05, 4.69) is 28.9 Å². The zero-order chi connectivity index (χ0) is 19.4. The number of hydrogen-bond donors (Lipinski definition) is 0. The van der Waals surface area contributed by atoms with Gasteiger partial charge in [0.1, 0.15) is 24.4 Å². The van der Waals surface area contributed by atoms with Gasteiger partial charge in [-0.3, -0.25) is 4.79 Å². The van der Waals surface area contributed by atoms with Gasteiger partial charge in [-0.15, -0.1) is 0 Å². The van der Waals surface area contributed by atoms with Gasteiger partial charge in [-0.25, -0.2) is 9.50 Å². The van der Waals surface area contributed by atoms with E-state index in [1.807, 2.05) is 38.1 Å². The van der Waals surface area contributed by atoms with Gasteiger partial charge in [-0.2, -0.15) is 10.1 Å². The summed E-state index contributed by atoms with van der Waals surface area (Å²) in [6, 6.07) is 9.68. The molecule has 3 aromatic rings. The Bertz CT molecular complexity index is 935. The summed E-state index contributed by atoms with van der Waals surface area (Å²) in [5.74, 6) is 1.32. The van der Waals surface area contributed by atoms with Crippen molar-refractivity contribution < 1.29 is 9.53 Å². The number of benzene rings is 1. The highest BCUT2D eigenvalue weighted by Crippen LogP contribution is 2.17. The minimum absolute atomic E-state index is 0.127. The molecule has 0 spiro atoms. The number of likely N-dealkylation sites (N-methyl/N-ethyl adjacent to an activating group) is 1. The lowest BCUT2D eigenvalue weighted by Crippen LogP contribution is -2.35. The standard InChI is InChI=1S/C20H25N5O2/c1-5-24(9-10-27-16-8-6-7-15(4)11-16)19(26)17-12-18(14(2)3)25-20(23-17)21-13-22-25/h6-8,11-14H,5,9-10H2,1-4H3. The molecule has 7 heteroatoms. The Kier molecular flexibility index (Phi) is 5.69. The molecule has 27 heavy (non-hydrogen) atoms. The third-order valence-corrected chi connectivity index (χ3v) is 4.38. The van der Waals surface area contributed by atoms with Crippen LogP contribution in [0.1, 0.15) is 48.4 Å². The summed E-state index contributed by atoms with van der Waals surface area (Å²) in [6.07, 6.45) is 1.45. The normalized spacial score (nSPS) is 11.1. The van der Waals surface area contributed by atoms with Crippen molar-refractivity contribution in [2.45, 2.75) is 33.6 Å². The zero-order valence-electron chi connectivity index (χ0n) is 16.2. The van der Waals surface area contributed by atoms with E-state index in [4.69, 9.17) is 4.74 Å². The Hall–Kier alpha value is -2.96. The van der Waals surface area contributed by atoms with Crippen molar-refractivity contribution in [1.29, 1.82) is 0 Å². The van der Waals surface area contributed by atoms with Crippen molar-refractivity contribution in [3.8, 4) is 5.75 Å². The van der Waals surface area contributed by atoms with Gasteiger partial charge in [-0.05, 0) is 43.5 Å². The summed E-state index contributed by atoms with van der Waals surface area (Å²) >= 11 is 0. The van der Waals surface area contributed by atoms with Crippen LogP contribution in [0.4, 0.5) is 0 Å². The number of fused-ring (bicyclic) bond motifs is 1. The second-order valence-electron chi connectivity index (χ2n) is 6.74. The molecule has 3 rings (SSSR count). The van der Waals surface area contributed by atoms with Crippen molar-refractivity contribution in [2.75, 3.05) is 19.7 Å². The number of aryl methyl sites for hydroxylation is 1. The van der Waals surface area contributed by atoms with Gasteiger partial charge in [0, 0.05) is 6.54 Å². The van der Waals surface area contributed by atoms with Crippen LogP contribution >= 0.6 is 0 Å². The molecule has 1 aromatic carbocycles. The Morgan fingerprint density at radius 2 is 2.11 bits per heavy atom. The molecule has 0 atom stereocenters. The molecule has 0 unspecified atom stereocenters. The van der Waals surface area contributed by atoms with E-state index in [9.17, 15) is 4.79 Å². The van der Waals surface area contributed by atoms with Gasteiger partial charge in [0.2, 0.25) is 0 Å². The minimum atomic E-state index is -0.127. The van der Waals surface area contributed by atoms with Crippen molar-refractivity contribution in [2.24, 2.45) is 0 Å². The molecular weight excluding hydrogens is 342 g/mol. The van der Waals surface area contributed by atoms with Crippen molar-refractivity contribution >= 4 is 11.7 Å². The average Bonchev–Trinajstić information content (AvgIpc) is 3.12. The number of rotatable bonds is 7. The number of ether oxygens (including phenoxy) is 1. The highest BCUT2D eigenvalue weighted by Gasteiger charge is 2.19. The number of hydrogen-bond acceptors (Lipinski definition) is 5. The lowest BCUT2D eigenvalue weighted by Gasteiger charge is -2.21. The molecule has 0 N–H and O–H groups in total. The van der Waals surface area contributed by atoms with E-state index in [-0.39, 0.29) is 11.8 Å². The molecule has 0 bridgehead atoms. The minimum Gasteiger partial charge on any atom is -0.492 e. The Morgan fingerprint density at radius 3 is 2.81 bits per heavy atom. The molecule has 1 amide bonds. The summed E-state index contributed by atoms with van der Waals surface area (Å²) in [5, 5.41) is 4.19. The van der Waals surface area contributed by atoms with Crippen LogP contribution in [0, 0.1) is 6.92 Å². The van der Waals surface area contributed by atoms with Crippen LogP contribution in [0.15, 0.2) is 36.7 Å². The van der Waals surface area contributed by atoms with Gasteiger partial charge < -0.3 is 9.64 Å². The molecule has 2 aromatic heterocycles. The van der Waals surface area contributed by atoms with Crippen LogP contribution in [-0.2, 0) is 0 Å². The van der Waals surface area contributed by atoms with Gasteiger partial charge in [0.05, 0.1) is 12.2 Å². The Balaban J connectivity index is 1.73. The lowest BCUT2D eigenvalue weighted by atomic mass is 10.1. The van der Waals surface area contributed by atoms with Crippen LogP contribution in [0.3, 0.4) is 0 Å². The van der Waals surface area contributed by atoms with Crippen LogP contribution in [0.5, 0.6) is 5.75 Å². The van der Waals surface area contributed by atoms with E-state index < -0.39 is 0 Å². The van der Waals surface area contributed by atoms with Crippen LogP contribution in [0.25, 0.3) is 5.78 Å². The molecule has 142 valence electrons. The van der Waals surface area contributed by atoms with Crippen molar-refractivity contribution in [3.05, 3.63) is 53.6 Å². The number of carbonyl (C=O) groups is 1. The van der Waals surface area contributed by atoms with Gasteiger partial charge in [0.25, 0.3) is 11.7 Å². The third kappa shape index (κ3) is 4.24. The zero-order valence-corrected chi connectivity index (χ0v) is 16.2. The van der Waals surface area contributed by atoms with Gasteiger partial charge >= 0.3 is 0 Å². The summed E-state index contributed by atoms with van der Waals surface area (Å²) < 4.78 is 7.46. The van der Waals surface area contributed by atoms with Crippen LogP contribution in [0.2, 0.25) is 0 Å². The molecule has 0 saturated carbocycles. The molecule has 2 heterocycles. The highest BCUT2D eigenvalue weighted by atomic mass is 16.5. The van der Waals surface area contributed by atoms with E-state index in [0.29, 0.717) is 31.2 Å². The second kappa shape index (κ2) is 8.16. The fraction of sp³-hybridized carbons (Fsp3) is 0.400. The van der Waals surface area contributed by atoms with Crippen LogP contribution in [-0.4, -0.2) is 50.1 Å². The molecular formula is C20H25N5O2. The first-order valence-corrected chi connectivity index (χ1v) is 9.19. The molecule has 0 aliphatic heterocycles. The summed E-state index contributed by atoms with van der Waals surface area (Å²) in [7, 11) is 0. The van der Waals surface area contributed by atoms with Crippen molar-refractivity contribution in [3.63, 3.8) is 0 Å². The van der Waals surface area contributed by atoms with Crippen LogP contribution < -0.4 is 4.74 Å². The topological polar surface area (TPSA) is 72.6 Å². The highest BCUT2D eigenvalue weighted by molar-refractivity contribution is 5.92. The summed E-state index contributed by atoms with van der Waals surface area (Å²) in [6.45, 7) is 9.56. The first kappa shape index (κ1) is 18.8. The molecule has 0 aliphatic carbocycles.